The maximum absolute atomic E-state index is 11.1. The molecule has 1 aliphatic heterocycles. The summed E-state index contributed by atoms with van der Waals surface area (Å²) in [5.41, 5.74) is 1.06. The number of para-hydroxylation sites is 1. The number of aromatic nitrogens is 1. The molecule has 9 heteroatoms. The van der Waals surface area contributed by atoms with E-state index in [-0.39, 0.29) is 59.0 Å². The monoisotopic (exact) mass is 633 g/mol. The molecule has 2 amide bonds. The van der Waals surface area contributed by atoms with Crippen molar-refractivity contribution in [1.82, 2.24) is 9.88 Å². The van der Waals surface area contributed by atoms with E-state index in [4.69, 9.17) is 5.11 Å². The number of carboxylic acids is 1. The number of hydrogen-bond donors (Lipinski definition) is 1. The van der Waals surface area contributed by atoms with Crippen LogP contribution in [0.1, 0.15) is 33.1 Å². The van der Waals surface area contributed by atoms with Crippen LogP contribution >= 0.6 is 0 Å². The zero-order valence-electron chi connectivity index (χ0n) is 17.4. The SMILES string of the molecule is C.O=C(O)CCCCCN1C(=O)C=CC1=O.[NH2-].[NH2-].[Pt+2].c1ccc2c(c1)cnc1ccccc12. The summed E-state index contributed by atoms with van der Waals surface area (Å²) < 4.78 is 0. The second kappa shape index (κ2) is 15.8. The van der Waals surface area contributed by atoms with Crippen molar-refractivity contribution in [3.63, 3.8) is 0 Å². The standard InChI is InChI=1S/C13H9N.C10H13NO4.CH4.2H2N.Pt/c1-2-6-11-10(5-1)9-14-13-8-4-3-7-12(11)13;12-8-5-6-9(13)11(8)7-3-1-2-4-10(14)15;;;;/h1-9H;5-6H,1-4,7H2,(H,14,15);1H4;2*1H2;/q;;;2*-1;+2. The number of carbonyl (C=O) groups excluding carboxylic acids is 2. The number of hydrogen-bond acceptors (Lipinski definition) is 4. The van der Waals surface area contributed by atoms with Gasteiger partial charge in [-0.15, -0.1) is 0 Å². The molecule has 0 aliphatic carbocycles. The minimum atomic E-state index is -0.815. The fourth-order valence-electron chi connectivity index (χ4n) is 3.18. The molecular weight excluding hydrogens is 603 g/mol. The molecule has 1 aromatic heterocycles. The van der Waals surface area contributed by atoms with E-state index >= 15 is 0 Å². The number of rotatable bonds is 6. The largest absolute Gasteiger partial charge is 2.00 e. The summed E-state index contributed by atoms with van der Waals surface area (Å²) in [6.45, 7) is 0.379. The first kappa shape index (κ1) is 32.2. The number of amides is 2. The van der Waals surface area contributed by atoms with Gasteiger partial charge in [0.15, 0.2) is 0 Å². The normalized spacial score (nSPS) is 11.5. The summed E-state index contributed by atoms with van der Waals surface area (Å²) in [6.07, 6.45) is 6.52. The molecule has 0 saturated carbocycles. The van der Waals surface area contributed by atoms with Crippen LogP contribution in [0.4, 0.5) is 0 Å². The number of carboxylic acid groups (broad SMARTS) is 1. The number of benzene rings is 2. The van der Waals surface area contributed by atoms with Crippen molar-refractivity contribution in [2.45, 2.75) is 33.1 Å². The zero-order valence-corrected chi connectivity index (χ0v) is 19.7. The second-order valence-electron chi connectivity index (χ2n) is 6.73. The average Bonchev–Trinajstić information content (AvgIpc) is 3.06. The van der Waals surface area contributed by atoms with Crippen LogP contribution in [0, 0.1) is 0 Å². The van der Waals surface area contributed by atoms with Gasteiger partial charge < -0.3 is 17.4 Å². The number of nitrogens with zero attached hydrogens (tertiary/aromatic N) is 2. The van der Waals surface area contributed by atoms with Crippen molar-refractivity contribution in [3.05, 3.63) is 79.2 Å². The van der Waals surface area contributed by atoms with E-state index in [1.165, 1.54) is 33.2 Å². The Kier molecular flexibility index (Phi) is 15.4. The van der Waals surface area contributed by atoms with Gasteiger partial charge >= 0.3 is 27.0 Å². The van der Waals surface area contributed by atoms with E-state index in [1.807, 2.05) is 24.4 Å². The summed E-state index contributed by atoms with van der Waals surface area (Å²) >= 11 is 0. The van der Waals surface area contributed by atoms with E-state index in [2.05, 4.69) is 35.3 Å². The van der Waals surface area contributed by atoms with Crippen LogP contribution in [0.3, 0.4) is 0 Å². The summed E-state index contributed by atoms with van der Waals surface area (Å²) in [5, 5.41) is 12.1. The van der Waals surface area contributed by atoms with Gasteiger partial charge in [-0.2, -0.15) is 0 Å². The maximum Gasteiger partial charge on any atom is 2.00 e. The Morgan fingerprint density at radius 2 is 1.42 bits per heavy atom. The first-order valence-electron chi connectivity index (χ1n) is 9.54. The third kappa shape index (κ3) is 8.85. The van der Waals surface area contributed by atoms with E-state index in [0.29, 0.717) is 25.8 Å². The molecule has 0 fully saturated rings. The minimum Gasteiger partial charge on any atom is -0.693 e. The Balaban J connectivity index is 0. The number of imide groups is 1. The Hall–Kier alpha value is -2.93. The number of fused-ring (bicyclic) bond motifs is 3. The Morgan fingerprint density at radius 1 is 0.848 bits per heavy atom. The molecular formula is C24H30N4O4Pt. The van der Waals surface area contributed by atoms with Crippen molar-refractivity contribution in [2.24, 2.45) is 0 Å². The quantitative estimate of drug-likeness (QED) is 0.200. The van der Waals surface area contributed by atoms with Crippen LogP contribution < -0.4 is 0 Å². The van der Waals surface area contributed by atoms with Crippen LogP contribution in [0.15, 0.2) is 66.9 Å². The first-order valence-corrected chi connectivity index (χ1v) is 9.54. The topological polar surface area (TPSA) is 155 Å². The van der Waals surface area contributed by atoms with Gasteiger partial charge in [-0.3, -0.25) is 24.3 Å². The summed E-state index contributed by atoms with van der Waals surface area (Å²) in [6, 6.07) is 16.6. The predicted molar refractivity (Wildman–Crippen MR) is 129 cm³/mol. The number of unbranched alkanes of at least 4 members (excludes halogenated alkanes) is 2. The van der Waals surface area contributed by atoms with Gasteiger partial charge in [-0.1, -0.05) is 56.3 Å². The van der Waals surface area contributed by atoms with Gasteiger partial charge in [0.25, 0.3) is 11.8 Å². The third-order valence-electron chi connectivity index (χ3n) is 4.67. The fourth-order valence-corrected chi connectivity index (χ4v) is 3.18. The second-order valence-corrected chi connectivity index (χ2v) is 6.73. The Bertz CT molecular complexity index is 1020. The van der Waals surface area contributed by atoms with Gasteiger partial charge in [-0.25, -0.2) is 0 Å². The Labute approximate surface area is 208 Å². The van der Waals surface area contributed by atoms with Crippen molar-refractivity contribution < 1.29 is 40.6 Å². The summed E-state index contributed by atoms with van der Waals surface area (Å²) in [4.78, 5) is 37.9. The molecule has 3 aromatic rings. The molecule has 5 N–H and O–H groups in total. The summed E-state index contributed by atoms with van der Waals surface area (Å²) in [5.74, 6) is -1.37. The van der Waals surface area contributed by atoms with Crippen LogP contribution in [0.5, 0.6) is 0 Å². The van der Waals surface area contributed by atoms with Crippen LogP contribution in [-0.4, -0.2) is 39.3 Å². The molecule has 0 spiro atoms. The molecule has 1 aliphatic rings. The molecule has 0 saturated heterocycles. The van der Waals surface area contributed by atoms with Crippen LogP contribution in [-0.2, 0) is 35.4 Å². The maximum atomic E-state index is 11.1. The average molecular weight is 634 g/mol. The number of aliphatic carboxylic acids is 1. The van der Waals surface area contributed by atoms with Gasteiger partial charge in [-0.05, 0) is 24.3 Å². The molecule has 0 unspecified atom stereocenters. The molecule has 2 heterocycles. The summed E-state index contributed by atoms with van der Waals surface area (Å²) in [7, 11) is 0. The van der Waals surface area contributed by atoms with Gasteiger partial charge in [0.05, 0.1) is 5.52 Å². The minimum absolute atomic E-state index is 0. The van der Waals surface area contributed by atoms with E-state index in [9.17, 15) is 14.4 Å². The molecule has 0 atom stereocenters. The van der Waals surface area contributed by atoms with Crippen molar-refractivity contribution in [2.75, 3.05) is 6.54 Å². The van der Waals surface area contributed by atoms with Crippen LogP contribution in [0.2, 0.25) is 0 Å². The molecule has 0 bridgehead atoms. The molecule has 2 aromatic carbocycles. The fraction of sp³-hybridized carbons (Fsp3) is 0.250. The van der Waals surface area contributed by atoms with Crippen molar-refractivity contribution in [1.29, 1.82) is 0 Å². The molecule has 33 heavy (non-hydrogen) atoms. The predicted octanol–water partition coefficient (Wildman–Crippen LogP) is 6.01. The van der Waals surface area contributed by atoms with E-state index in [1.54, 1.807) is 0 Å². The number of nitrogens with two attached hydrogens (primary N) is 2. The number of pyridine rings is 1. The Morgan fingerprint density at radius 3 is 2.06 bits per heavy atom. The van der Waals surface area contributed by atoms with E-state index in [0.717, 1.165) is 5.52 Å². The van der Waals surface area contributed by atoms with Gasteiger partial charge in [0.2, 0.25) is 0 Å². The van der Waals surface area contributed by atoms with Gasteiger partial charge in [0, 0.05) is 42.1 Å². The molecule has 0 radical (unpaired) electrons. The third-order valence-corrected chi connectivity index (χ3v) is 4.67. The first-order chi connectivity index (χ1) is 14.1. The molecule has 4 rings (SSSR count). The van der Waals surface area contributed by atoms with Crippen molar-refractivity contribution >= 4 is 39.5 Å². The van der Waals surface area contributed by atoms with Crippen molar-refractivity contribution in [3.8, 4) is 0 Å². The van der Waals surface area contributed by atoms with Crippen LogP contribution in [0.25, 0.3) is 34.0 Å². The smallest absolute Gasteiger partial charge is 0.693 e. The zero-order chi connectivity index (χ0) is 20.6. The van der Waals surface area contributed by atoms with Gasteiger partial charge in [0.1, 0.15) is 0 Å². The van der Waals surface area contributed by atoms with E-state index < -0.39 is 5.97 Å². The molecule has 180 valence electrons. The number of carbonyl (C=O) groups is 3. The molecule has 8 nitrogen and oxygen atoms in total.